The zero-order chi connectivity index (χ0) is 15.2. The molecule has 0 radical (unpaired) electrons. The van der Waals surface area contributed by atoms with Crippen molar-refractivity contribution in [2.24, 2.45) is 0 Å². The van der Waals surface area contributed by atoms with Gasteiger partial charge in [-0.3, -0.25) is 4.79 Å². The molecule has 0 aromatic heterocycles. The summed E-state index contributed by atoms with van der Waals surface area (Å²) in [6.07, 6.45) is 0. The van der Waals surface area contributed by atoms with Crippen LogP contribution >= 0.6 is 11.6 Å². The molecule has 0 atom stereocenters. The van der Waals surface area contributed by atoms with Crippen LogP contribution < -0.4 is 10.1 Å². The highest BCUT2D eigenvalue weighted by Crippen LogP contribution is 2.25. The summed E-state index contributed by atoms with van der Waals surface area (Å²) in [5.74, 6) is 0.288. The summed E-state index contributed by atoms with van der Waals surface area (Å²) in [5, 5.41) is 12.2. The maximum Gasteiger partial charge on any atom is 0.262 e. The minimum absolute atomic E-state index is 0.0213. The maximum absolute atomic E-state index is 11.9. The van der Waals surface area contributed by atoms with E-state index in [-0.39, 0.29) is 19.1 Å². The number of carbonyl (C=O) groups excluding carboxylic acids is 1. The van der Waals surface area contributed by atoms with Crippen molar-refractivity contribution in [1.29, 1.82) is 0 Å². The number of benzene rings is 2. The molecule has 0 aliphatic heterocycles. The Kier molecular flexibility index (Phi) is 5.20. The predicted octanol–water partition coefficient (Wildman–Crippen LogP) is 3.16. The van der Waals surface area contributed by atoms with Crippen molar-refractivity contribution in [3.05, 3.63) is 58.6 Å². The minimum Gasteiger partial charge on any atom is -0.484 e. The lowest BCUT2D eigenvalue weighted by atomic mass is 10.2. The molecule has 0 spiro atoms. The standard InChI is InChI=1S/C16H16ClNO3/c1-11-3-2-4-14(17)16(11)18-15(20)10-21-13-7-5-12(9-19)6-8-13/h2-8,19H,9-10H2,1H3,(H,18,20). The number of ether oxygens (including phenoxy) is 1. The minimum atomic E-state index is -0.280. The van der Waals surface area contributed by atoms with E-state index in [9.17, 15) is 4.79 Å². The van der Waals surface area contributed by atoms with E-state index < -0.39 is 0 Å². The largest absolute Gasteiger partial charge is 0.484 e. The lowest BCUT2D eigenvalue weighted by Crippen LogP contribution is -2.20. The molecule has 2 aromatic rings. The fourth-order valence-electron chi connectivity index (χ4n) is 1.81. The van der Waals surface area contributed by atoms with Crippen molar-refractivity contribution in [2.75, 3.05) is 11.9 Å². The summed E-state index contributed by atoms with van der Waals surface area (Å²) in [7, 11) is 0. The summed E-state index contributed by atoms with van der Waals surface area (Å²) in [4.78, 5) is 11.9. The fraction of sp³-hybridized carbons (Fsp3) is 0.188. The van der Waals surface area contributed by atoms with Crippen molar-refractivity contribution in [1.82, 2.24) is 0 Å². The molecule has 110 valence electrons. The number of hydrogen-bond acceptors (Lipinski definition) is 3. The number of aryl methyl sites for hydroxylation is 1. The van der Waals surface area contributed by atoms with Crippen LogP contribution in [0.15, 0.2) is 42.5 Å². The van der Waals surface area contributed by atoms with Crippen LogP contribution in [-0.2, 0) is 11.4 Å². The molecular formula is C16H16ClNO3. The third-order valence-electron chi connectivity index (χ3n) is 2.96. The monoisotopic (exact) mass is 305 g/mol. The van der Waals surface area contributed by atoms with E-state index in [1.54, 1.807) is 30.3 Å². The Labute approximate surface area is 128 Å². The number of anilines is 1. The average molecular weight is 306 g/mol. The summed E-state index contributed by atoms with van der Waals surface area (Å²) in [5.41, 5.74) is 2.28. The molecule has 21 heavy (non-hydrogen) atoms. The first-order chi connectivity index (χ1) is 10.1. The van der Waals surface area contributed by atoms with E-state index in [0.29, 0.717) is 16.5 Å². The molecule has 0 unspecified atom stereocenters. The second-order valence-corrected chi connectivity index (χ2v) is 4.98. The van der Waals surface area contributed by atoms with Crippen molar-refractivity contribution in [3.8, 4) is 5.75 Å². The molecule has 0 heterocycles. The summed E-state index contributed by atoms with van der Waals surface area (Å²) in [6, 6.07) is 12.3. The number of aliphatic hydroxyl groups excluding tert-OH is 1. The van der Waals surface area contributed by atoms with Gasteiger partial charge in [-0.15, -0.1) is 0 Å². The van der Waals surface area contributed by atoms with Crippen molar-refractivity contribution in [2.45, 2.75) is 13.5 Å². The first-order valence-electron chi connectivity index (χ1n) is 6.47. The number of rotatable bonds is 5. The Morgan fingerprint density at radius 3 is 2.57 bits per heavy atom. The first kappa shape index (κ1) is 15.4. The molecule has 0 saturated carbocycles. The Morgan fingerprint density at radius 1 is 1.24 bits per heavy atom. The number of halogens is 1. The SMILES string of the molecule is Cc1cccc(Cl)c1NC(=O)COc1ccc(CO)cc1. The highest BCUT2D eigenvalue weighted by atomic mass is 35.5. The van der Waals surface area contributed by atoms with Crippen LogP contribution in [0.2, 0.25) is 5.02 Å². The molecule has 2 aromatic carbocycles. The Morgan fingerprint density at radius 2 is 1.95 bits per heavy atom. The van der Waals surface area contributed by atoms with Crippen LogP contribution in [-0.4, -0.2) is 17.6 Å². The highest BCUT2D eigenvalue weighted by Gasteiger charge is 2.09. The second kappa shape index (κ2) is 7.11. The van der Waals surface area contributed by atoms with Crippen LogP contribution in [0.4, 0.5) is 5.69 Å². The average Bonchev–Trinajstić information content (AvgIpc) is 2.49. The molecule has 0 aliphatic rings. The van der Waals surface area contributed by atoms with Crippen LogP contribution in [0, 0.1) is 6.92 Å². The topological polar surface area (TPSA) is 58.6 Å². The number of nitrogens with one attached hydrogen (secondary N) is 1. The Hall–Kier alpha value is -2.04. The van der Waals surface area contributed by atoms with Gasteiger partial charge < -0.3 is 15.2 Å². The number of carbonyl (C=O) groups is 1. The maximum atomic E-state index is 11.9. The van der Waals surface area contributed by atoms with Crippen LogP contribution in [0.3, 0.4) is 0 Å². The molecule has 0 saturated heterocycles. The van der Waals surface area contributed by atoms with E-state index in [2.05, 4.69) is 5.32 Å². The number of hydrogen-bond donors (Lipinski definition) is 2. The Balaban J connectivity index is 1.92. The van der Waals surface area contributed by atoms with Crippen LogP contribution in [0.1, 0.15) is 11.1 Å². The fourth-order valence-corrected chi connectivity index (χ4v) is 2.07. The van der Waals surface area contributed by atoms with E-state index in [0.717, 1.165) is 11.1 Å². The van der Waals surface area contributed by atoms with E-state index in [1.165, 1.54) is 0 Å². The van der Waals surface area contributed by atoms with Gasteiger partial charge in [0.05, 0.1) is 17.3 Å². The molecule has 1 amide bonds. The molecule has 0 aliphatic carbocycles. The van der Waals surface area contributed by atoms with E-state index >= 15 is 0 Å². The van der Waals surface area contributed by atoms with Crippen molar-refractivity contribution >= 4 is 23.2 Å². The van der Waals surface area contributed by atoms with Gasteiger partial charge >= 0.3 is 0 Å². The Bertz CT molecular complexity index is 606. The third kappa shape index (κ3) is 4.21. The molecule has 5 heteroatoms. The highest BCUT2D eigenvalue weighted by molar-refractivity contribution is 6.33. The molecular weight excluding hydrogens is 290 g/mol. The third-order valence-corrected chi connectivity index (χ3v) is 3.28. The normalized spacial score (nSPS) is 10.2. The molecule has 4 nitrogen and oxygen atoms in total. The van der Waals surface area contributed by atoms with Crippen molar-refractivity contribution < 1.29 is 14.6 Å². The number of amides is 1. The summed E-state index contributed by atoms with van der Waals surface area (Å²) in [6.45, 7) is 1.74. The molecule has 2 N–H and O–H groups in total. The van der Waals surface area contributed by atoms with Gasteiger partial charge in [-0.2, -0.15) is 0 Å². The van der Waals surface area contributed by atoms with Gasteiger partial charge in [-0.05, 0) is 36.2 Å². The van der Waals surface area contributed by atoms with Gasteiger partial charge in [-0.1, -0.05) is 35.9 Å². The quantitative estimate of drug-likeness (QED) is 0.892. The van der Waals surface area contributed by atoms with Gasteiger partial charge in [0.15, 0.2) is 6.61 Å². The van der Waals surface area contributed by atoms with Crippen LogP contribution in [0.5, 0.6) is 5.75 Å². The van der Waals surface area contributed by atoms with Crippen molar-refractivity contribution in [3.63, 3.8) is 0 Å². The number of para-hydroxylation sites is 1. The van der Waals surface area contributed by atoms with Gasteiger partial charge in [0.1, 0.15) is 5.75 Å². The van der Waals surface area contributed by atoms with Gasteiger partial charge in [0, 0.05) is 0 Å². The first-order valence-corrected chi connectivity index (χ1v) is 6.85. The summed E-state index contributed by atoms with van der Waals surface area (Å²) >= 11 is 6.04. The molecule has 2 rings (SSSR count). The van der Waals surface area contributed by atoms with Gasteiger partial charge in [0.25, 0.3) is 5.91 Å². The molecule has 0 bridgehead atoms. The van der Waals surface area contributed by atoms with Crippen LogP contribution in [0.25, 0.3) is 0 Å². The lowest BCUT2D eigenvalue weighted by Gasteiger charge is -2.11. The summed E-state index contributed by atoms with van der Waals surface area (Å²) < 4.78 is 5.38. The lowest BCUT2D eigenvalue weighted by molar-refractivity contribution is -0.118. The molecule has 0 fully saturated rings. The zero-order valence-corrected chi connectivity index (χ0v) is 12.4. The number of aliphatic hydroxyl groups is 1. The van der Waals surface area contributed by atoms with Gasteiger partial charge in [0.2, 0.25) is 0 Å². The second-order valence-electron chi connectivity index (χ2n) is 4.57. The van der Waals surface area contributed by atoms with Gasteiger partial charge in [-0.25, -0.2) is 0 Å². The van der Waals surface area contributed by atoms with E-state index in [1.807, 2.05) is 19.1 Å². The zero-order valence-electron chi connectivity index (χ0n) is 11.6. The van der Waals surface area contributed by atoms with E-state index in [4.69, 9.17) is 21.4 Å². The smallest absolute Gasteiger partial charge is 0.262 e. The predicted molar refractivity (Wildman–Crippen MR) is 82.7 cm³/mol.